The van der Waals surface area contributed by atoms with Crippen LogP contribution in [0, 0.1) is 11.3 Å². The van der Waals surface area contributed by atoms with Gasteiger partial charge in [0.15, 0.2) is 0 Å². The minimum Gasteiger partial charge on any atom is -0.462 e. The maximum absolute atomic E-state index is 13.3. The van der Waals surface area contributed by atoms with E-state index >= 15 is 0 Å². The van der Waals surface area contributed by atoms with Gasteiger partial charge < -0.3 is 10.1 Å². The quantitative estimate of drug-likeness (QED) is 0.101. The number of hydrogen-bond donors (Lipinski definition) is 1. The molecule has 1 N–H and O–H groups in total. The number of hydrazone groups is 1. The highest BCUT2D eigenvalue weighted by molar-refractivity contribution is 7.15. The molecule has 0 spiro atoms. The van der Waals surface area contributed by atoms with E-state index in [4.69, 9.17) is 9.84 Å². The Morgan fingerprint density at radius 1 is 0.935 bits per heavy atom. The van der Waals surface area contributed by atoms with Crippen LogP contribution < -0.4 is 10.3 Å². The minimum atomic E-state index is -0.612. The van der Waals surface area contributed by atoms with Gasteiger partial charge >= 0.3 is 5.97 Å². The Morgan fingerprint density at radius 3 is 2.20 bits per heavy atom. The molecular weight excluding hydrogens is 593 g/mol. The summed E-state index contributed by atoms with van der Waals surface area (Å²) < 4.78 is 5.30. The van der Waals surface area contributed by atoms with Crippen molar-refractivity contribution >= 4 is 45.7 Å². The molecule has 7 nitrogen and oxygen atoms in total. The van der Waals surface area contributed by atoms with Gasteiger partial charge in [0.05, 0.1) is 24.0 Å². The number of nitrogens with zero attached hydrogens (tertiary/aromatic N) is 3. The molecule has 0 saturated heterocycles. The molecule has 0 radical (unpaired) electrons. The van der Waals surface area contributed by atoms with Crippen LogP contribution in [0.25, 0.3) is 17.2 Å². The van der Waals surface area contributed by atoms with E-state index in [0.717, 1.165) is 34.5 Å². The van der Waals surface area contributed by atoms with Gasteiger partial charge in [-0.05, 0) is 47.4 Å². The summed E-state index contributed by atoms with van der Waals surface area (Å²) >= 11 is 1.21. The summed E-state index contributed by atoms with van der Waals surface area (Å²) in [5, 5.41) is 21.9. The van der Waals surface area contributed by atoms with Crippen LogP contribution in [0.2, 0.25) is 0 Å². The van der Waals surface area contributed by atoms with Crippen molar-refractivity contribution in [1.82, 2.24) is 0 Å². The van der Waals surface area contributed by atoms with Gasteiger partial charge in [-0.2, -0.15) is 10.4 Å². The van der Waals surface area contributed by atoms with Crippen molar-refractivity contribution in [3.05, 3.63) is 148 Å². The molecule has 0 aliphatic carbocycles. The second-order valence-electron chi connectivity index (χ2n) is 10.5. The van der Waals surface area contributed by atoms with Crippen molar-refractivity contribution in [2.24, 2.45) is 5.10 Å². The van der Waals surface area contributed by atoms with Crippen LogP contribution >= 0.6 is 11.3 Å². The van der Waals surface area contributed by atoms with Crippen LogP contribution in [0.5, 0.6) is 0 Å². The number of amides is 1. The maximum atomic E-state index is 13.3. The largest absolute Gasteiger partial charge is 0.462 e. The van der Waals surface area contributed by atoms with E-state index in [-0.39, 0.29) is 23.8 Å². The predicted octanol–water partition coefficient (Wildman–Crippen LogP) is 8.49. The normalized spacial score (nSPS) is 14.3. The Balaban J connectivity index is 1.25. The zero-order chi connectivity index (χ0) is 31.9. The van der Waals surface area contributed by atoms with Crippen molar-refractivity contribution in [3.63, 3.8) is 0 Å². The van der Waals surface area contributed by atoms with E-state index in [0.29, 0.717) is 16.1 Å². The average molecular weight is 623 g/mol. The molecule has 1 aliphatic heterocycles. The van der Waals surface area contributed by atoms with Crippen LogP contribution in [0.15, 0.2) is 131 Å². The van der Waals surface area contributed by atoms with E-state index in [2.05, 4.69) is 29.6 Å². The van der Waals surface area contributed by atoms with Crippen molar-refractivity contribution in [2.75, 3.05) is 16.9 Å². The number of anilines is 2. The van der Waals surface area contributed by atoms with Gasteiger partial charge in [0, 0.05) is 17.4 Å². The first-order valence-electron chi connectivity index (χ1n) is 14.9. The van der Waals surface area contributed by atoms with Crippen molar-refractivity contribution in [1.29, 1.82) is 5.26 Å². The molecule has 2 heterocycles. The highest BCUT2D eigenvalue weighted by Crippen LogP contribution is 2.38. The lowest BCUT2D eigenvalue weighted by Crippen LogP contribution is -2.18. The molecule has 1 aliphatic rings. The first-order chi connectivity index (χ1) is 22.6. The van der Waals surface area contributed by atoms with Crippen LogP contribution in [0.4, 0.5) is 10.7 Å². The number of thiophene rings is 1. The SMILES string of the molecule is CCOC(=O)c1c(-c2ccccc2)csc1NC(=O)/C(C#N)=C/c1ccc(N2N=C(c3ccccc3)CC2c2ccccc2)cc1. The zero-order valence-electron chi connectivity index (χ0n) is 25.1. The van der Waals surface area contributed by atoms with Crippen molar-refractivity contribution in [2.45, 2.75) is 19.4 Å². The predicted molar refractivity (Wildman–Crippen MR) is 184 cm³/mol. The molecular formula is C38H30N4O3S. The van der Waals surface area contributed by atoms with E-state index < -0.39 is 11.9 Å². The van der Waals surface area contributed by atoms with E-state index in [9.17, 15) is 14.9 Å². The molecule has 1 amide bonds. The van der Waals surface area contributed by atoms with Gasteiger partial charge in [-0.25, -0.2) is 4.79 Å². The summed E-state index contributed by atoms with van der Waals surface area (Å²) in [6.07, 6.45) is 2.29. The molecule has 6 rings (SSSR count). The van der Waals surface area contributed by atoms with Gasteiger partial charge in [-0.15, -0.1) is 11.3 Å². The molecule has 226 valence electrons. The van der Waals surface area contributed by atoms with Crippen molar-refractivity contribution < 1.29 is 14.3 Å². The Morgan fingerprint density at radius 2 is 1.57 bits per heavy atom. The first kappa shape index (κ1) is 30.3. The molecule has 0 bridgehead atoms. The topological polar surface area (TPSA) is 94.8 Å². The van der Waals surface area contributed by atoms with Crippen molar-refractivity contribution in [3.8, 4) is 17.2 Å². The Bertz CT molecular complexity index is 1940. The molecule has 5 aromatic rings. The zero-order valence-corrected chi connectivity index (χ0v) is 25.9. The number of hydrogen-bond acceptors (Lipinski definition) is 7. The first-order valence-corrected chi connectivity index (χ1v) is 15.8. The van der Waals surface area contributed by atoms with E-state index in [1.807, 2.05) is 102 Å². The van der Waals surface area contributed by atoms with Gasteiger partial charge in [0.1, 0.15) is 22.2 Å². The number of ether oxygens (including phenoxy) is 1. The number of esters is 1. The standard InChI is InChI=1S/C38H30N4O3S/c1-2-45-38(44)35-32(27-12-6-3-7-13-27)25-46-37(35)40-36(43)30(24-39)22-26-18-20-31(21-19-26)42-34(29-16-10-5-11-17-29)23-33(41-42)28-14-8-4-9-15-28/h3-22,25,34H,2,23H2,1H3,(H,40,43)/b30-22+. The highest BCUT2D eigenvalue weighted by Gasteiger charge is 2.30. The third kappa shape index (κ3) is 6.50. The fourth-order valence-electron chi connectivity index (χ4n) is 5.38. The van der Waals surface area contributed by atoms with Gasteiger partial charge in [0.25, 0.3) is 5.91 Å². The Hall–Kier alpha value is -5.78. The summed E-state index contributed by atoms with van der Waals surface area (Å²) in [5.41, 5.74) is 6.49. The van der Waals surface area contributed by atoms with Crippen LogP contribution in [0.1, 0.15) is 46.4 Å². The lowest BCUT2D eigenvalue weighted by Gasteiger charge is -2.24. The molecule has 1 atom stereocenters. The Kier molecular flexibility index (Phi) is 9.14. The molecule has 46 heavy (non-hydrogen) atoms. The second kappa shape index (κ2) is 13.9. The third-order valence-electron chi connectivity index (χ3n) is 7.62. The minimum absolute atomic E-state index is 0.0263. The molecule has 4 aromatic carbocycles. The average Bonchev–Trinajstić information content (AvgIpc) is 3.74. The summed E-state index contributed by atoms with van der Waals surface area (Å²) in [6, 6.07) is 39.5. The maximum Gasteiger partial charge on any atom is 0.341 e. The van der Waals surface area contributed by atoms with E-state index in [1.165, 1.54) is 17.4 Å². The van der Waals surface area contributed by atoms with Gasteiger partial charge in [0.2, 0.25) is 0 Å². The summed E-state index contributed by atoms with van der Waals surface area (Å²) in [7, 11) is 0. The molecule has 1 unspecified atom stereocenters. The number of benzene rings is 4. The third-order valence-corrected chi connectivity index (χ3v) is 8.51. The van der Waals surface area contributed by atoms with Crippen LogP contribution in [0.3, 0.4) is 0 Å². The fourth-order valence-corrected chi connectivity index (χ4v) is 6.34. The number of carbonyl (C=O) groups excluding carboxylic acids is 2. The number of rotatable bonds is 9. The van der Waals surface area contributed by atoms with Crippen LogP contribution in [-0.4, -0.2) is 24.2 Å². The summed E-state index contributed by atoms with van der Waals surface area (Å²) in [5.74, 6) is -1.15. The lowest BCUT2D eigenvalue weighted by molar-refractivity contribution is -0.112. The summed E-state index contributed by atoms with van der Waals surface area (Å²) in [4.78, 5) is 26.2. The lowest BCUT2D eigenvalue weighted by atomic mass is 9.98. The fraction of sp³-hybridized carbons (Fsp3) is 0.105. The molecule has 0 fully saturated rings. The van der Waals surface area contributed by atoms with Gasteiger partial charge in [-0.1, -0.05) is 103 Å². The molecule has 0 saturated carbocycles. The number of nitriles is 1. The highest BCUT2D eigenvalue weighted by atomic mass is 32.1. The smallest absolute Gasteiger partial charge is 0.341 e. The van der Waals surface area contributed by atoms with Crippen LogP contribution in [-0.2, 0) is 9.53 Å². The monoisotopic (exact) mass is 622 g/mol. The number of carbonyl (C=O) groups is 2. The van der Waals surface area contributed by atoms with Gasteiger partial charge in [-0.3, -0.25) is 9.80 Å². The molecule has 1 aromatic heterocycles. The Labute approximate surface area is 271 Å². The van der Waals surface area contributed by atoms with E-state index in [1.54, 1.807) is 12.3 Å². The number of nitrogens with one attached hydrogen (secondary N) is 1. The second-order valence-corrected chi connectivity index (χ2v) is 11.4. The molecule has 8 heteroatoms. The summed E-state index contributed by atoms with van der Waals surface area (Å²) in [6.45, 7) is 1.92.